The van der Waals surface area contributed by atoms with Gasteiger partial charge in [0, 0.05) is 0 Å². The summed E-state index contributed by atoms with van der Waals surface area (Å²) in [5.74, 6) is 0. The maximum absolute atomic E-state index is 2.31. The molecule has 0 fully saturated rings. The van der Waals surface area contributed by atoms with E-state index in [1.165, 1.54) is 231 Å². The zero-order chi connectivity index (χ0) is 29.6. The molecule has 0 N–H and O–H groups in total. The third-order valence-electron chi connectivity index (χ3n) is 9.52. The van der Waals surface area contributed by atoms with Crippen LogP contribution >= 0.6 is 0 Å². The first-order valence-corrected chi connectivity index (χ1v) is 21.9. The van der Waals surface area contributed by atoms with Gasteiger partial charge in [0.2, 0.25) is 0 Å². The van der Waals surface area contributed by atoms with Crippen molar-refractivity contribution in [2.75, 3.05) is 0 Å². The molecule has 0 aromatic rings. The molecule has 0 amide bonds. The molecule has 0 saturated carbocycles. The van der Waals surface area contributed by atoms with E-state index in [-0.39, 0.29) is 0 Å². The topological polar surface area (TPSA) is 0 Å². The van der Waals surface area contributed by atoms with Crippen LogP contribution in [-0.2, 0) is 0 Å². The number of hydrogen-bond donors (Lipinski definition) is 0. The summed E-state index contributed by atoms with van der Waals surface area (Å²) in [5, 5.41) is 3.16. The molecule has 0 aromatic carbocycles. The van der Waals surface area contributed by atoms with E-state index < -0.39 is 0 Å². The van der Waals surface area contributed by atoms with Gasteiger partial charge in [-0.25, -0.2) is 0 Å². The summed E-state index contributed by atoms with van der Waals surface area (Å²) in [7, 11) is 0. The second-order valence-corrected chi connectivity index (χ2v) is 15.6. The van der Waals surface area contributed by atoms with Crippen molar-refractivity contribution in [3.05, 3.63) is 0 Å². The molecule has 0 aliphatic carbocycles. The van der Waals surface area contributed by atoms with Crippen LogP contribution in [0.3, 0.4) is 0 Å². The van der Waals surface area contributed by atoms with E-state index in [0.29, 0.717) is 0 Å². The number of hydrogen-bond acceptors (Lipinski definition) is 0. The second kappa shape index (κ2) is 40.5. The molecular formula is C40H82Al+. The summed E-state index contributed by atoms with van der Waals surface area (Å²) in [6.45, 7) is 4.62. The van der Waals surface area contributed by atoms with Crippen LogP contribution in [0.15, 0.2) is 0 Å². The zero-order valence-corrected chi connectivity index (χ0v) is 30.6. The van der Waals surface area contributed by atoms with Gasteiger partial charge in [0.15, 0.2) is 0 Å². The van der Waals surface area contributed by atoms with Crippen molar-refractivity contribution in [1.82, 2.24) is 0 Å². The van der Waals surface area contributed by atoms with E-state index in [4.69, 9.17) is 0 Å². The monoisotopic (exact) mass is 590 g/mol. The van der Waals surface area contributed by atoms with Gasteiger partial charge in [0.05, 0.1) is 0 Å². The Bertz CT molecular complexity index is 381. The number of rotatable bonds is 38. The van der Waals surface area contributed by atoms with Crippen LogP contribution in [0, 0.1) is 0 Å². The SMILES string of the molecule is CCCCCCCCCCCCCCCCCCC[CH2][Al+][CH2]CCCCCCCCCCCCCCCCCCC. The van der Waals surface area contributed by atoms with Crippen molar-refractivity contribution in [3.8, 4) is 0 Å². The molecule has 0 radical (unpaired) electrons. The van der Waals surface area contributed by atoms with Crippen molar-refractivity contribution in [2.45, 2.75) is 256 Å². The van der Waals surface area contributed by atoms with Crippen LogP contribution in [0.5, 0.6) is 0 Å². The van der Waals surface area contributed by atoms with Gasteiger partial charge in [0.25, 0.3) is 0 Å². The second-order valence-electron chi connectivity index (χ2n) is 13.9. The minimum absolute atomic E-state index is 0.765. The minimum Gasteiger partial charge on any atom is -0.0654 e. The van der Waals surface area contributed by atoms with E-state index in [1.807, 2.05) is 0 Å². The summed E-state index contributed by atoms with van der Waals surface area (Å²) >= 11 is 0.765. The van der Waals surface area contributed by atoms with Gasteiger partial charge in [-0.2, -0.15) is 0 Å². The van der Waals surface area contributed by atoms with Crippen molar-refractivity contribution in [3.63, 3.8) is 0 Å². The Labute approximate surface area is 269 Å². The predicted molar refractivity (Wildman–Crippen MR) is 193 cm³/mol. The zero-order valence-electron chi connectivity index (χ0n) is 29.4. The molecule has 0 saturated heterocycles. The molecule has 0 nitrogen and oxygen atoms in total. The molecule has 0 unspecified atom stereocenters. The molecule has 0 aliphatic rings. The first-order valence-electron chi connectivity index (χ1n) is 20.2. The van der Waals surface area contributed by atoms with Crippen LogP contribution in [-0.4, -0.2) is 15.2 Å². The van der Waals surface area contributed by atoms with Gasteiger partial charge in [0.1, 0.15) is 0 Å². The number of unbranched alkanes of at least 4 members (excludes halogenated alkanes) is 34. The molecule has 41 heavy (non-hydrogen) atoms. The normalized spacial score (nSPS) is 11.4. The summed E-state index contributed by atoms with van der Waals surface area (Å²) < 4.78 is 0. The van der Waals surface area contributed by atoms with Crippen molar-refractivity contribution >= 4 is 15.2 Å². The van der Waals surface area contributed by atoms with Gasteiger partial charge < -0.3 is 0 Å². The van der Waals surface area contributed by atoms with E-state index in [9.17, 15) is 0 Å². The molecule has 0 aromatic heterocycles. The summed E-state index contributed by atoms with van der Waals surface area (Å²) in [5.41, 5.74) is 0. The third kappa shape index (κ3) is 40.5. The van der Waals surface area contributed by atoms with Crippen molar-refractivity contribution in [2.24, 2.45) is 0 Å². The average molecular weight is 590 g/mol. The molecule has 244 valence electrons. The van der Waals surface area contributed by atoms with Gasteiger partial charge >= 0.3 is 167 Å². The average Bonchev–Trinajstić information content (AvgIpc) is 2.98. The van der Waals surface area contributed by atoms with Crippen LogP contribution in [0.2, 0.25) is 10.6 Å². The molecule has 0 rings (SSSR count). The van der Waals surface area contributed by atoms with Gasteiger partial charge in [-0.05, 0) is 0 Å². The molecule has 0 aliphatic heterocycles. The van der Waals surface area contributed by atoms with Crippen LogP contribution in [0.1, 0.15) is 245 Å². The van der Waals surface area contributed by atoms with Crippen LogP contribution in [0.4, 0.5) is 0 Å². The van der Waals surface area contributed by atoms with Gasteiger partial charge in [-0.1, -0.05) is 104 Å². The quantitative estimate of drug-likeness (QED) is 0.0496. The van der Waals surface area contributed by atoms with Crippen LogP contribution < -0.4 is 0 Å². The standard InChI is InChI=1S/2C20H41.Al/c2*1-3-5-7-9-11-13-15-17-19-20-18-16-14-12-10-8-6-4-2;/h2*1,3-20H2,2H3;/q;;+1. The fraction of sp³-hybridized carbons (Fsp3) is 1.00. The van der Waals surface area contributed by atoms with Gasteiger partial charge in [-0.15, -0.1) is 0 Å². The molecule has 0 heterocycles. The van der Waals surface area contributed by atoms with E-state index in [1.54, 1.807) is 10.6 Å². The molecule has 0 atom stereocenters. The Kier molecular flexibility index (Phi) is 41.1. The molecule has 0 bridgehead atoms. The van der Waals surface area contributed by atoms with Crippen LogP contribution in [0.25, 0.3) is 0 Å². The minimum atomic E-state index is 0.765. The fourth-order valence-corrected chi connectivity index (χ4v) is 7.97. The van der Waals surface area contributed by atoms with Gasteiger partial charge in [-0.3, -0.25) is 0 Å². The Morgan fingerprint density at radius 3 is 0.512 bits per heavy atom. The first-order chi connectivity index (χ1) is 20.4. The maximum atomic E-state index is 2.31. The van der Waals surface area contributed by atoms with Crippen molar-refractivity contribution < 1.29 is 0 Å². The smallest absolute Gasteiger partial charge is 0.0654 e. The Balaban J connectivity index is 3.02. The Hall–Kier alpha value is 0.532. The Morgan fingerprint density at radius 2 is 0.341 bits per heavy atom. The predicted octanol–water partition coefficient (Wildman–Crippen LogP) is 15.6. The third-order valence-corrected chi connectivity index (χ3v) is 11.2. The molecular weight excluding hydrogens is 507 g/mol. The van der Waals surface area contributed by atoms with E-state index in [0.717, 1.165) is 15.2 Å². The summed E-state index contributed by atoms with van der Waals surface area (Å²) in [6, 6.07) is 0. The summed E-state index contributed by atoms with van der Waals surface area (Å²) in [6.07, 6.45) is 53.6. The molecule has 0 spiro atoms. The van der Waals surface area contributed by atoms with E-state index in [2.05, 4.69) is 13.8 Å². The molecule has 1 heteroatoms. The Morgan fingerprint density at radius 1 is 0.195 bits per heavy atom. The first kappa shape index (κ1) is 41.5. The van der Waals surface area contributed by atoms with E-state index >= 15 is 0 Å². The van der Waals surface area contributed by atoms with Crippen molar-refractivity contribution in [1.29, 1.82) is 0 Å². The fourth-order valence-electron chi connectivity index (χ4n) is 6.52. The summed E-state index contributed by atoms with van der Waals surface area (Å²) in [4.78, 5) is 0.